The molecule has 2 N–H and O–H groups in total. The molecule has 0 bridgehead atoms. The monoisotopic (exact) mass is 409 g/mol. The molecule has 0 heterocycles. The van der Waals surface area contributed by atoms with Crippen LogP contribution in [-0.4, -0.2) is 17.7 Å². The van der Waals surface area contributed by atoms with E-state index in [1.807, 2.05) is 121 Å². The molecule has 0 saturated carbocycles. The van der Waals surface area contributed by atoms with Crippen LogP contribution in [0.1, 0.15) is 0 Å². The van der Waals surface area contributed by atoms with Crippen molar-refractivity contribution in [2.75, 3.05) is 0 Å². The van der Waals surface area contributed by atoms with Gasteiger partial charge in [-0.3, -0.25) is 0 Å². The van der Waals surface area contributed by atoms with Crippen molar-refractivity contribution < 1.29 is 10.0 Å². The van der Waals surface area contributed by atoms with Crippen LogP contribution in [0.15, 0.2) is 142 Å². The van der Waals surface area contributed by atoms with Crippen LogP contribution < -0.4 is 0 Å². The van der Waals surface area contributed by atoms with Crippen molar-refractivity contribution >= 4 is 30.4 Å². The maximum atomic E-state index is 7.00. The first-order valence-corrected chi connectivity index (χ1v) is 9.45. The molecule has 31 heavy (non-hydrogen) atoms. The molecule has 1 radical (unpaired) electrons. The molecule has 7 heteroatoms. The summed E-state index contributed by atoms with van der Waals surface area (Å²) in [5.41, 5.74) is 3.49. The van der Waals surface area contributed by atoms with Crippen LogP contribution in [0.2, 0.25) is 0 Å². The zero-order valence-electron chi connectivity index (χ0n) is 16.8. The average molecular weight is 409 g/mol. The van der Waals surface area contributed by atoms with Crippen LogP contribution in [0, 0.1) is 0 Å². The highest BCUT2D eigenvalue weighted by molar-refractivity contribution is 6.13. The van der Waals surface area contributed by atoms with E-state index in [9.17, 15) is 0 Å². The number of benzene rings is 4. The lowest BCUT2D eigenvalue weighted by Crippen LogP contribution is -1.75. The molecule has 0 aromatic heterocycles. The fourth-order valence-corrected chi connectivity index (χ4v) is 2.21. The first-order chi connectivity index (χ1) is 15.3. The zero-order chi connectivity index (χ0) is 22.0. The molecule has 4 aromatic rings. The predicted molar refractivity (Wildman–Crippen MR) is 124 cm³/mol. The molecule has 0 amide bonds. The van der Waals surface area contributed by atoms with Gasteiger partial charge in [0.05, 0.1) is 22.7 Å². The normalized spacial score (nSPS) is 10.0. The topological polar surface area (TPSA) is 89.9 Å². The second-order valence-corrected chi connectivity index (χ2v) is 5.86. The molecule has 4 aromatic carbocycles. The molecule has 0 unspecified atom stereocenters. The predicted octanol–water partition coefficient (Wildman–Crippen LogP) is 6.71. The number of hydrogen-bond acceptors (Lipinski definition) is 6. The number of hydrogen-bond donors (Lipinski definition) is 2. The van der Waals surface area contributed by atoms with Gasteiger partial charge in [-0.1, -0.05) is 72.8 Å². The lowest BCUT2D eigenvalue weighted by atomic mass is 10.3. The van der Waals surface area contributed by atoms with Crippen molar-refractivity contribution in [2.24, 2.45) is 20.5 Å². The van der Waals surface area contributed by atoms with E-state index in [0.717, 1.165) is 22.7 Å². The quantitative estimate of drug-likeness (QED) is 0.290. The fourth-order valence-electron chi connectivity index (χ4n) is 2.21. The van der Waals surface area contributed by atoms with Gasteiger partial charge in [0.1, 0.15) is 0 Å². The van der Waals surface area contributed by atoms with Gasteiger partial charge >= 0.3 is 7.69 Å². The van der Waals surface area contributed by atoms with Crippen molar-refractivity contribution in [1.29, 1.82) is 0 Å². The van der Waals surface area contributed by atoms with Gasteiger partial charge in [0, 0.05) is 0 Å². The summed E-state index contributed by atoms with van der Waals surface area (Å²) in [6.07, 6.45) is 0. The Labute approximate surface area is 182 Å². The lowest BCUT2D eigenvalue weighted by Gasteiger charge is -1.91. The molecule has 0 aliphatic rings. The van der Waals surface area contributed by atoms with Gasteiger partial charge in [-0.2, -0.15) is 20.5 Å². The summed E-state index contributed by atoms with van der Waals surface area (Å²) in [6, 6.07) is 38.8. The minimum Gasteiger partial charge on any atom is -0.429 e. The lowest BCUT2D eigenvalue weighted by molar-refractivity contribution is 0.448. The summed E-state index contributed by atoms with van der Waals surface area (Å²) < 4.78 is 0. The van der Waals surface area contributed by atoms with E-state index in [2.05, 4.69) is 20.5 Å². The standard InChI is InChI=1S/2C12H10N2.BH2O2/c2*1-3-7-11(8-4-1)13-14-12-9-5-2-6-10-12;2-1-3/h2*1-10H;2-3H. The van der Waals surface area contributed by atoms with E-state index < -0.39 is 0 Å². The summed E-state index contributed by atoms with van der Waals surface area (Å²) in [5, 5.41) is 30.4. The van der Waals surface area contributed by atoms with Crippen molar-refractivity contribution in [3.8, 4) is 0 Å². The maximum Gasteiger partial charge on any atom is 0.482 e. The molecule has 4 rings (SSSR count). The average Bonchev–Trinajstić information content (AvgIpc) is 2.85. The molecule has 0 atom stereocenters. The van der Waals surface area contributed by atoms with E-state index in [1.54, 1.807) is 0 Å². The van der Waals surface area contributed by atoms with Gasteiger partial charge in [-0.15, -0.1) is 0 Å². The van der Waals surface area contributed by atoms with Crippen LogP contribution in [0.4, 0.5) is 22.7 Å². The van der Waals surface area contributed by atoms with E-state index in [-0.39, 0.29) is 7.69 Å². The van der Waals surface area contributed by atoms with E-state index in [0.29, 0.717) is 0 Å². The third-order valence-electron chi connectivity index (χ3n) is 3.59. The Hall–Kier alpha value is -3.94. The van der Waals surface area contributed by atoms with Crippen molar-refractivity contribution in [3.63, 3.8) is 0 Å². The molecule has 0 saturated heterocycles. The Bertz CT molecular complexity index is 848. The highest BCUT2D eigenvalue weighted by atomic mass is 16.4. The summed E-state index contributed by atoms with van der Waals surface area (Å²) in [4.78, 5) is 0. The van der Waals surface area contributed by atoms with E-state index in [1.165, 1.54) is 0 Å². The fraction of sp³-hybridized carbons (Fsp3) is 0. The van der Waals surface area contributed by atoms with E-state index >= 15 is 0 Å². The Morgan fingerprint density at radius 2 is 0.516 bits per heavy atom. The summed E-state index contributed by atoms with van der Waals surface area (Å²) in [6.45, 7) is 0. The molecular weight excluding hydrogens is 387 g/mol. The van der Waals surface area contributed by atoms with Crippen LogP contribution in [0.3, 0.4) is 0 Å². The van der Waals surface area contributed by atoms with Gasteiger partial charge in [-0.25, -0.2) is 0 Å². The second-order valence-electron chi connectivity index (χ2n) is 5.86. The molecule has 0 fully saturated rings. The SMILES string of the molecule is O[B]O.c1ccc(N=Nc2ccccc2)cc1.c1ccc(N=Nc2ccccc2)cc1. The first kappa shape index (κ1) is 23.3. The number of nitrogens with zero attached hydrogens (tertiary/aromatic N) is 4. The van der Waals surface area contributed by atoms with Gasteiger partial charge in [0.25, 0.3) is 0 Å². The Kier molecular flexibility index (Phi) is 11.3. The van der Waals surface area contributed by atoms with E-state index in [4.69, 9.17) is 10.0 Å². The number of azo groups is 2. The van der Waals surface area contributed by atoms with Crippen molar-refractivity contribution in [3.05, 3.63) is 121 Å². The van der Waals surface area contributed by atoms with Gasteiger partial charge in [-0.05, 0) is 48.5 Å². The molecule has 0 aliphatic heterocycles. The van der Waals surface area contributed by atoms with Crippen LogP contribution >= 0.6 is 0 Å². The Balaban J connectivity index is 0.000000196. The summed E-state index contributed by atoms with van der Waals surface area (Å²) >= 11 is 0. The van der Waals surface area contributed by atoms with Gasteiger partial charge < -0.3 is 10.0 Å². The minimum absolute atomic E-state index is 0. The highest BCUT2D eigenvalue weighted by Gasteiger charge is 1.87. The third kappa shape index (κ3) is 10.4. The maximum absolute atomic E-state index is 7.00. The number of rotatable bonds is 4. The largest absolute Gasteiger partial charge is 0.482 e. The Morgan fingerprint density at radius 1 is 0.355 bits per heavy atom. The van der Waals surface area contributed by atoms with Crippen LogP contribution in [0.5, 0.6) is 0 Å². The Morgan fingerprint density at radius 3 is 0.677 bits per heavy atom. The van der Waals surface area contributed by atoms with Gasteiger partial charge in [0.2, 0.25) is 0 Å². The smallest absolute Gasteiger partial charge is 0.429 e. The van der Waals surface area contributed by atoms with Crippen LogP contribution in [-0.2, 0) is 0 Å². The zero-order valence-corrected chi connectivity index (χ0v) is 16.8. The van der Waals surface area contributed by atoms with Crippen molar-refractivity contribution in [2.45, 2.75) is 0 Å². The van der Waals surface area contributed by atoms with Crippen LogP contribution in [0.25, 0.3) is 0 Å². The summed E-state index contributed by atoms with van der Waals surface area (Å²) in [7, 11) is 0. The molecular formula is C24H22BN4O2. The third-order valence-corrected chi connectivity index (χ3v) is 3.59. The first-order valence-electron chi connectivity index (χ1n) is 9.45. The second kappa shape index (κ2) is 15.0. The molecule has 153 valence electrons. The van der Waals surface area contributed by atoms with Crippen molar-refractivity contribution in [1.82, 2.24) is 0 Å². The van der Waals surface area contributed by atoms with Gasteiger partial charge in [0.15, 0.2) is 0 Å². The molecule has 0 spiro atoms. The molecule has 6 nitrogen and oxygen atoms in total. The summed E-state index contributed by atoms with van der Waals surface area (Å²) in [5.74, 6) is 0. The highest BCUT2D eigenvalue weighted by Crippen LogP contribution is 2.17. The minimum atomic E-state index is 0. The molecule has 0 aliphatic carbocycles.